The van der Waals surface area contributed by atoms with Crippen LogP contribution >= 0.6 is 0 Å². The minimum atomic E-state index is 0.380. The molecule has 0 amide bonds. The van der Waals surface area contributed by atoms with Crippen molar-refractivity contribution < 1.29 is 4.74 Å². The zero-order valence-corrected chi connectivity index (χ0v) is 11.4. The molecule has 0 bridgehead atoms. The maximum atomic E-state index is 5.41. The average Bonchev–Trinajstić information content (AvgIpc) is 2.38. The first-order chi connectivity index (χ1) is 8.69. The summed E-state index contributed by atoms with van der Waals surface area (Å²) >= 11 is 0. The largest absolute Gasteiger partial charge is 0.383 e. The van der Waals surface area contributed by atoms with Crippen molar-refractivity contribution in [3.05, 3.63) is 35.4 Å². The van der Waals surface area contributed by atoms with E-state index in [4.69, 9.17) is 10.5 Å². The van der Waals surface area contributed by atoms with E-state index in [0.717, 1.165) is 18.7 Å². The van der Waals surface area contributed by atoms with Gasteiger partial charge in [-0.2, -0.15) is 0 Å². The molecule has 3 nitrogen and oxygen atoms in total. The molecule has 1 unspecified atom stereocenters. The highest BCUT2D eigenvalue weighted by molar-refractivity contribution is 5.41. The molecule has 0 fully saturated rings. The predicted octanol–water partition coefficient (Wildman–Crippen LogP) is 1.46. The molecule has 1 rings (SSSR count). The molecule has 0 aromatic heterocycles. The number of nitrogens with zero attached hydrogens (tertiary/aromatic N) is 1. The summed E-state index contributed by atoms with van der Waals surface area (Å²) in [4.78, 5) is 2.26. The molecule has 1 atom stereocenters. The van der Waals surface area contributed by atoms with Gasteiger partial charge in [0.2, 0.25) is 0 Å². The second kappa shape index (κ2) is 7.88. The highest BCUT2D eigenvalue weighted by Crippen LogP contribution is 2.11. The van der Waals surface area contributed by atoms with Crippen molar-refractivity contribution in [3.8, 4) is 11.8 Å². The van der Waals surface area contributed by atoms with Gasteiger partial charge in [-0.15, -0.1) is 0 Å². The van der Waals surface area contributed by atoms with Crippen molar-refractivity contribution in [2.24, 2.45) is 5.73 Å². The van der Waals surface area contributed by atoms with Gasteiger partial charge >= 0.3 is 0 Å². The first-order valence-corrected chi connectivity index (χ1v) is 6.15. The fourth-order valence-corrected chi connectivity index (χ4v) is 1.72. The Morgan fingerprint density at radius 2 is 2.11 bits per heavy atom. The third-order valence-corrected chi connectivity index (χ3v) is 2.92. The summed E-state index contributed by atoms with van der Waals surface area (Å²) in [5, 5.41) is 0. The van der Waals surface area contributed by atoms with Crippen LogP contribution in [0.4, 0.5) is 0 Å². The Kier molecular flexibility index (Phi) is 6.45. The number of benzene rings is 1. The molecule has 3 heteroatoms. The van der Waals surface area contributed by atoms with E-state index < -0.39 is 0 Å². The fraction of sp³-hybridized carbons (Fsp3) is 0.467. The van der Waals surface area contributed by atoms with Crippen LogP contribution in [0.5, 0.6) is 0 Å². The second-order valence-electron chi connectivity index (χ2n) is 4.38. The zero-order valence-electron chi connectivity index (χ0n) is 11.4. The summed E-state index contributed by atoms with van der Waals surface area (Å²) in [6.45, 7) is 4.13. The molecular formula is C15H22N2O. The molecule has 0 radical (unpaired) electrons. The number of likely N-dealkylation sites (N-methyl/N-ethyl adjacent to an activating group) is 1. The average molecular weight is 246 g/mol. The van der Waals surface area contributed by atoms with Crippen molar-refractivity contribution in [1.29, 1.82) is 0 Å². The van der Waals surface area contributed by atoms with E-state index in [2.05, 4.69) is 36.8 Å². The maximum Gasteiger partial charge on any atom is 0.0615 e. The molecule has 1 aromatic rings. The molecule has 0 aliphatic rings. The molecule has 2 N–H and O–H groups in total. The van der Waals surface area contributed by atoms with E-state index >= 15 is 0 Å². The van der Waals surface area contributed by atoms with Crippen LogP contribution in [0.25, 0.3) is 0 Å². The van der Waals surface area contributed by atoms with E-state index in [1.54, 1.807) is 7.11 Å². The quantitative estimate of drug-likeness (QED) is 0.800. The number of methoxy groups -OCH3 is 1. The molecule has 0 saturated heterocycles. The minimum Gasteiger partial charge on any atom is -0.383 e. The van der Waals surface area contributed by atoms with Gasteiger partial charge in [-0.05, 0) is 25.6 Å². The van der Waals surface area contributed by atoms with E-state index in [-0.39, 0.29) is 0 Å². The molecular weight excluding hydrogens is 224 g/mol. The van der Waals surface area contributed by atoms with Gasteiger partial charge in [0.15, 0.2) is 0 Å². The van der Waals surface area contributed by atoms with E-state index in [1.807, 2.05) is 18.2 Å². The van der Waals surface area contributed by atoms with Crippen LogP contribution in [0.15, 0.2) is 24.3 Å². The van der Waals surface area contributed by atoms with Gasteiger partial charge < -0.3 is 10.5 Å². The lowest BCUT2D eigenvalue weighted by Crippen LogP contribution is -2.32. The number of ether oxygens (including phenoxy) is 1. The highest BCUT2D eigenvalue weighted by atomic mass is 16.5. The molecule has 1 aromatic carbocycles. The predicted molar refractivity (Wildman–Crippen MR) is 75.2 cm³/mol. The smallest absolute Gasteiger partial charge is 0.0615 e. The SMILES string of the molecule is COCC(C)N(C)Cc1ccccc1C#CCN. The third kappa shape index (κ3) is 4.50. The Labute approximate surface area is 110 Å². The Morgan fingerprint density at radius 3 is 2.78 bits per heavy atom. The normalized spacial score (nSPS) is 12.1. The first-order valence-electron chi connectivity index (χ1n) is 6.15. The summed E-state index contributed by atoms with van der Waals surface area (Å²) < 4.78 is 5.17. The molecule has 0 aliphatic heterocycles. The van der Waals surface area contributed by atoms with Gasteiger partial charge in [-0.3, -0.25) is 4.90 Å². The van der Waals surface area contributed by atoms with E-state index in [9.17, 15) is 0 Å². The van der Waals surface area contributed by atoms with Crippen molar-refractivity contribution in [2.75, 3.05) is 27.3 Å². The second-order valence-corrected chi connectivity index (χ2v) is 4.38. The summed E-state index contributed by atoms with van der Waals surface area (Å²) in [6, 6.07) is 8.56. The van der Waals surface area contributed by atoms with Crippen LogP contribution in [-0.2, 0) is 11.3 Å². The lowest BCUT2D eigenvalue weighted by atomic mass is 10.1. The zero-order chi connectivity index (χ0) is 13.4. The Morgan fingerprint density at radius 1 is 1.39 bits per heavy atom. The van der Waals surface area contributed by atoms with Crippen LogP contribution in [0.1, 0.15) is 18.1 Å². The Hall–Kier alpha value is -1.34. The molecule has 0 saturated carbocycles. The number of nitrogens with two attached hydrogens (primary N) is 1. The first kappa shape index (κ1) is 14.7. The summed E-state index contributed by atoms with van der Waals surface area (Å²) in [7, 11) is 3.82. The molecule has 0 aliphatic carbocycles. The van der Waals surface area contributed by atoms with E-state index in [0.29, 0.717) is 12.6 Å². The van der Waals surface area contributed by atoms with Gasteiger partial charge in [0.1, 0.15) is 0 Å². The summed E-state index contributed by atoms with van der Waals surface area (Å²) in [5.41, 5.74) is 7.70. The standard InChI is InChI=1S/C15H22N2O/c1-13(12-18-3)17(2)11-15-8-5-4-7-14(15)9-6-10-16/h4-5,7-8,13H,10-12,16H2,1-3H3. The molecule has 0 spiro atoms. The van der Waals surface area contributed by atoms with Crippen LogP contribution < -0.4 is 5.73 Å². The van der Waals surface area contributed by atoms with Gasteiger partial charge in [0.25, 0.3) is 0 Å². The lowest BCUT2D eigenvalue weighted by Gasteiger charge is -2.24. The monoisotopic (exact) mass is 246 g/mol. The lowest BCUT2D eigenvalue weighted by molar-refractivity contribution is 0.112. The Balaban J connectivity index is 2.77. The van der Waals surface area contributed by atoms with Crippen molar-refractivity contribution in [3.63, 3.8) is 0 Å². The Bertz CT molecular complexity index is 420. The van der Waals surface area contributed by atoms with Crippen molar-refractivity contribution in [2.45, 2.75) is 19.5 Å². The highest BCUT2D eigenvalue weighted by Gasteiger charge is 2.10. The number of hydrogen-bond donors (Lipinski definition) is 1. The van der Waals surface area contributed by atoms with Crippen molar-refractivity contribution >= 4 is 0 Å². The topological polar surface area (TPSA) is 38.5 Å². The van der Waals surface area contributed by atoms with Crippen LogP contribution in [-0.4, -0.2) is 38.3 Å². The van der Waals surface area contributed by atoms with Gasteiger partial charge in [-0.1, -0.05) is 30.0 Å². The minimum absolute atomic E-state index is 0.380. The van der Waals surface area contributed by atoms with Gasteiger partial charge in [0, 0.05) is 25.3 Å². The van der Waals surface area contributed by atoms with E-state index in [1.165, 1.54) is 5.56 Å². The summed E-state index contributed by atoms with van der Waals surface area (Å²) in [5.74, 6) is 6.02. The fourth-order valence-electron chi connectivity index (χ4n) is 1.72. The van der Waals surface area contributed by atoms with Gasteiger partial charge in [-0.25, -0.2) is 0 Å². The van der Waals surface area contributed by atoms with Crippen LogP contribution in [0, 0.1) is 11.8 Å². The van der Waals surface area contributed by atoms with Crippen molar-refractivity contribution in [1.82, 2.24) is 4.90 Å². The number of rotatable bonds is 5. The van der Waals surface area contributed by atoms with Crippen LogP contribution in [0.2, 0.25) is 0 Å². The number of hydrogen-bond acceptors (Lipinski definition) is 3. The van der Waals surface area contributed by atoms with Crippen LogP contribution in [0.3, 0.4) is 0 Å². The summed E-state index contributed by atoms with van der Waals surface area (Å²) in [6.07, 6.45) is 0. The van der Waals surface area contributed by atoms with Gasteiger partial charge in [0.05, 0.1) is 13.2 Å². The third-order valence-electron chi connectivity index (χ3n) is 2.92. The maximum absolute atomic E-state index is 5.41. The molecule has 0 heterocycles. The molecule has 18 heavy (non-hydrogen) atoms. The molecule has 98 valence electrons.